The van der Waals surface area contributed by atoms with Crippen LogP contribution in [-0.4, -0.2) is 22.8 Å². The minimum absolute atomic E-state index is 0.350. The van der Waals surface area contributed by atoms with Crippen LogP contribution in [-0.2, 0) is 11.2 Å². The van der Waals surface area contributed by atoms with E-state index < -0.39 is 24.4 Å². The first-order chi connectivity index (χ1) is 9.05. The van der Waals surface area contributed by atoms with Gasteiger partial charge in [0, 0.05) is 0 Å². The van der Waals surface area contributed by atoms with Gasteiger partial charge in [0.2, 0.25) is 0 Å². The first-order valence-electron chi connectivity index (χ1n) is 6.89. The van der Waals surface area contributed by atoms with Crippen LogP contribution in [0.15, 0.2) is 30.3 Å². The Labute approximate surface area is 112 Å². The molecule has 0 aromatic heterocycles. The summed E-state index contributed by atoms with van der Waals surface area (Å²) in [4.78, 5) is 13.1. The second kappa shape index (κ2) is 5.87. The number of benzene rings is 1. The smallest absolute Gasteiger partial charge is 0.411 e. The highest BCUT2D eigenvalue weighted by Gasteiger charge is 2.24. The number of nitrogens with two attached hydrogens (primary N) is 1. The van der Waals surface area contributed by atoms with Gasteiger partial charge in [-0.2, -0.15) is 0 Å². The number of hydrogen-bond acceptors (Lipinski definition) is 3. The highest BCUT2D eigenvalue weighted by atomic mass is 16.6. The molecule has 2 N–H and O–H groups in total. The average Bonchev–Trinajstić information content (AvgIpc) is 2.26. The Hall–Kier alpha value is -1.55. The molecule has 1 atom stereocenters. The lowest BCUT2D eigenvalue weighted by Gasteiger charge is -2.29. The van der Waals surface area contributed by atoms with E-state index in [1.807, 2.05) is 0 Å². The maximum Gasteiger partial charge on any atom is 0.411 e. The molecule has 0 aliphatic heterocycles. The van der Waals surface area contributed by atoms with Crippen LogP contribution in [0.4, 0.5) is 4.79 Å². The molecule has 0 heterocycles. The molecular weight excluding hydrogens is 228 g/mol. The zero-order valence-electron chi connectivity index (χ0n) is 13.3. The van der Waals surface area contributed by atoms with E-state index in [1.54, 1.807) is 58.0 Å². The molecule has 4 heteroatoms. The van der Waals surface area contributed by atoms with E-state index in [0.717, 1.165) is 4.90 Å². The number of carbonyl (C=O) groups is 1. The van der Waals surface area contributed by atoms with Crippen molar-refractivity contribution in [3.8, 4) is 0 Å². The van der Waals surface area contributed by atoms with E-state index in [9.17, 15) is 4.79 Å². The zero-order chi connectivity index (χ0) is 15.6. The molecular formula is C14H22N2O2. The van der Waals surface area contributed by atoms with Crippen LogP contribution in [0.25, 0.3) is 0 Å². The largest absolute Gasteiger partial charge is 0.444 e. The molecule has 0 aliphatic rings. The summed E-state index contributed by atoms with van der Waals surface area (Å²) in [7, 11) is 0. The van der Waals surface area contributed by atoms with Crippen molar-refractivity contribution in [1.29, 1.82) is 0 Å². The normalized spacial score (nSPS) is 15.4. The van der Waals surface area contributed by atoms with Gasteiger partial charge in [-0.15, -0.1) is 0 Å². The van der Waals surface area contributed by atoms with Crippen LogP contribution in [0.2, 0.25) is 0 Å². The van der Waals surface area contributed by atoms with Crippen molar-refractivity contribution in [2.75, 3.05) is 0 Å². The predicted octanol–water partition coefficient (Wildman–Crippen LogP) is 2.73. The van der Waals surface area contributed by atoms with Gasteiger partial charge >= 0.3 is 6.09 Å². The number of ether oxygens (including phenoxy) is 1. The number of rotatable bonds is 3. The van der Waals surface area contributed by atoms with Gasteiger partial charge in [-0.05, 0) is 33.3 Å². The highest BCUT2D eigenvalue weighted by Crippen LogP contribution is 2.13. The lowest BCUT2D eigenvalue weighted by molar-refractivity contribution is 0.0161. The van der Waals surface area contributed by atoms with Crippen molar-refractivity contribution < 1.29 is 12.3 Å². The topological polar surface area (TPSA) is 55.6 Å². The van der Waals surface area contributed by atoms with Crippen molar-refractivity contribution in [2.45, 2.75) is 46.0 Å². The third kappa shape index (κ3) is 4.75. The van der Waals surface area contributed by atoms with Gasteiger partial charge in [-0.3, -0.25) is 4.90 Å². The van der Waals surface area contributed by atoms with Crippen LogP contribution < -0.4 is 5.73 Å². The Bertz CT molecular complexity index is 456. The Morgan fingerprint density at radius 2 is 2.00 bits per heavy atom. The van der Waals surface area contributed by atoms with Crippen LogP contribution >= 0.6 is 0 Å². The van der Waals surface area contributed by atoms with Crippen molar-refractivity contribution in [3.05, 3.63) is 35.9 Å². The van der Waals surface area contributed by atoms with E-state index in [0.29, 0.717) is 5.56 Å². The summed E-state index contributed by atoms with van der Waals surface area (Å²) in [5, 5.41) is 0. The standard InChI is InChI=1S/C14H22N2O2/c1-11(15)16(13(17)18-14(2,3)4)10-12-8-6-5-7-9-12/h5-9,11H,10,15H2,1-4H3/i10D2. The maximum atomic E-state index is 12.2. The first kappa shape index (κ1) is 11.5. The zero-order valence-corrected chi connectivity index (χ0v) is 11.3. The number of hydrogen-bond donors (Lipinski definition) is 1. The Kier molecular flexibility index (Phi) is 3.76. The van der Waals surface area contributed by atoms with Gasteiger partial charge in [0.15, 0.2) is 0 Å². The lowest BCUT2D eigenvalue weighted by atomic mass is 10.2. The molecule has 1 unspecified atom stereocenters. The summed E-state index contributed by atoms with van der Waals surface area (Å²) >= 11 is 0. The van der Waals surface area contributed by atoms with Crippen molar-refractivity contribution in [1.82, 2.24) is 4.90 Å². The fourth-order valence-corrected chi connectivity index (χ4v) is 1.28. The summed E-state index contributed by atoms with van der Waals surface area (Å²) in [5.74, 6) is 0. The van der Waals surface area contributed by atoms with Crippen LogP contribution in [0.3, 0.4) is 0 Å². The molecule has 1 aromatic carbocycles. The molecule has 0 fully saturated rings. The van der Waals surface area contributed by atoms with E-state index >= 15 is 0 Å². The maximum absolute atomic E-state index is 12.2. The van der Waals surface area contributed by atoms with Gasteiger partial charge in [0.25, 0.3) is 0 Å². The number of amides is 1. The average molecular weight is 252 g/mol. The van der Waals surface area contributed by atoms with Gasteiger partial charge in [-0.25, -0.2) is 4.79 Å². The molecule has 0 radical (unpaired) electrons. The second-order valence-electron chi connectivity index (χ2n) is 5.07. The number of nitrogens with zero attached hydrogens (tertiary/aromatic N) is 1. The molecule has 0 saturated carbocycles. The molecule has 1 aromatic rings. The molecule has 1 amide bonds. The molecule has 4 nitrogen and oxygen atoms in total. The van der Waals surface area contributed by atoms with E-state index in [1.165, 1.54) is 0 Å². The first-order valence-corrected chi connectivity index (χ1v) is 5.89. The van der Waals surface area contributed by atoms with Crippen molar-refractivity contribution >= 4 is 6.09 Å². The molecule has 100 valence electrons. The van der Waals surface area contributed by atoms with Crippen molar-refractivity contribution in [3.63, 3.8) is 0 Å². The second-order valence-corrected chi connectivity index (χ2v) is 5.07. The molecule has 0 bridgehead atoms. The fraction of sp³-hybridized carbons (Fsp3) is 0.500. The fourth-order valence-electron chi connectivity index (χ4n) is 1.28. The van der Waals surface area contributed by atoms with E-state index in [2.05, 4.69) is 0 Å². The van der Waals surface area contributed by atoms with Gasteiger partial charge in [-0.1, -0.05) is 30.3 Å². The van der Waals surface area contributed by atoms with Crippen LogP contribution in [0, 0.1) is 0 Å². The van der Waals surface area contributed by atoms with E-state index in [4.69, 9.17) is 13.2 Å². The Morgan fingerprint density at radius 3 is 2.44 bits per heavy atom. The van der Waals surface area contributed by atoms with Crippen LogP contribution in [0.1, 0.15) is 36.0 Å². The summed E-state index contributed by atoms with van der Waals surface area (Å²) in [6, 6.07) is 8.42. The quantitative estimate of drug-likeness (QED) is 0.841. The third-order valence-corrected chi connectivity index (χ3v) is 2.02. The minimum atomic E-state index is -2.04. The Balaban J connectivity index is 3.11. The minimum Gasteiger partial charge on any atom is -0.444 e. The van der Waals surface area contributed by atoms with Gasteiger partial charge in [0.1, 0.15) is 5.60 Å². The number of carbonyl (C=O) groups excluding carboxylic acids is 1. The predicted molar refractivity (Wildman–Crippen MR) is 71.9 cm³/mol. The van der Waals surface area contributed by atoms with Gasteiger partial charge < -0.3 is 10.5 Å². The lowest BCUT2D eigenvalue weighted by Crippen LogP contribution is -2.45. The summed E-state index contributed by atoms with van der Waals surface area (Å²) < 4.78 is 21.6. The van der Waals surface area contributed by atoms with Crippen molar-refractivity contribution in [2.24, 2.45) is 5.73 Å². The Morgan fingerprint density at radius 1 is 1.44 bits per heavy atom. The summed E-state index contributed by atoms with van der Waals surface area (Å²) in [6.07, 6.45) is -1.60. The molecule has 18 heavy (non-hydrogen) atoms. The molecule has 1 rings (SSSR count). The SMILES string of the molecule is [2H]C([2H])(c1ccccc1)N(C(=O)OC(C)(C)C)C(C)N. The van der Waals surface area contributed by atoms with Gasteiger partial charge in [0.05, 0.1) is 15.4 Å². The monoisotopic (exact) mass is 252 g/mol. The molecule has 0 saturated heterocycles. The summed E-state index contributed by atoms with van der Waals surface area (Å²) in [5.41, 5.74) is 5.40. The molecule has 0 spiro atoms. The highest BCUT2D eigenvalue weighted by molar-refractivity contribution is 5.68. The molecule has 0 aliphatic carbocycles. The van der Waals surface area contributed by atoms with E-state index in [-0.39, 0.29) is 0 Å². The third-order valence-electron chi connectivity index (χ3n) is 2.02. The summed E-state index contributed by atoms with van der Waals surface area (Å²) in [6.45, 7) is 4.68. The van der Waals surface area contributed by atoms with Crippen LogP contribution in [0.5, 0.6) is 0 Å².